The maximum absolute atomic E-state index is 15.2. The van der Waals surface area contributed by atoms with E-state index in [-0.39, 0.29) is 42.3 Å². The number of H-pyrrole nitrogens is 1. The number of hydrogen-bond acceptors (Lipinski definition) is 19. The molecule has 3 fully saturated rings. The minimum absolute atomic E-state index is 0.0724. The number of amides is 1. The van der Waals surface area contributed by atoms with E-state index in [4.69, 9.17) is 36.1 Å². The molecule has 3 aromatic heterocycles. The molecule has 2 aliphatic carbocycles. The highest BCUT2D eigenvalue weighted by molar-refractivity contribution is 7.48. The van der Waals surface area contributed by atoms with Gasteiger partial charge in [-0.1, -0.05) is 67.2 Å². The summed E-state index contributed by atoms with van der Waals surface area (Å²) in [5.41, 5.74) is -2.74. The van der Waals surface area contributed by atoms with Crippen LogP contribution >= 0.6 is 16.1 Å². The predicted octanol–water partition coefficient (Wildman–Crippen LogP) is 5.40. The van der Waals surface area contributed by atoms with Crippen molar-refractivity contribution in [1.29, 1.82) is 5.26 Å². The number of rotatable bonds is 27. The molecule has 23 nitrogen and oxygen atoms in total. The summed E-state index contributed by atoms with van der Waals surface area (Å²) in [6.07, 6.45) is -0.410. The number of hydrogen-bond donors (Lipinski definition) is 5. The topological polar surface area (TPSA) is 311 Å². The number of carbonyl (C=O) groups excluding carboxylic acids is 1. The van der Waals surface area contributed by atoms with Crippen LogP contribution in [0.25, 0.3) is 11.2 Å². The van der Waals surface area contributed by atoms with Gasteiger partial charge < -0.3 is 27.9 Å². The number of anilines is 1. The van der Waals surface area contributed by atoms with Crippen molar-refractivity contribution in [2.45, 2.75) is 153 Å². The molecule has 3 unspecified atom stereocenters. The van der Waals surface area contributed by atoms with Gasteiger partial charge in [0.2, 0.25) is 17.7 Å². The first kappa shape index (κ1) is 51.9. The standard InChI is InChI=1S/C39H60N8O15P2Si2/c1-7-16-65(54,17-8-2)62-66(18-9-3,19-10-4)61-39-31(48)32(39)58-37(47-24-43-30-34(47)44-38(46-36(30)50)45-35(49)25(5)6)33(39)60-64(53,55-15-11-13-40)56-22-26-20-27(21-28(26)59-63(51)52)57-29-12-14-41-23-42-29/h12,14,23-28,31-33,37,48,54H,7-11,15-22H2,1-6H3,(H2-,44,45,46,49,50,51,52)/p+1/t26-,27-,28+,31?,32-,33+,37-,39-,64?/m1/s1. The number of imidazole rings is 1. The third kappa shape index (κ3) is 11.9. The fraction of sp³-hybridized carbons (Fsp3) is 0.718. The average Bonchev–Trinajstić information content (AvgIpc) is 3.64. The van der Waals surface area contributed by atoms with Gasteiger partial charge in [-0.15, -0.1) is 9.42 Å². The molecule has 0 bridgehead atoms. The SMILES string of the molecule is CCC[Si](O)(CCC)O[Si](CCC)(CCC)O[C@]12C(O)[C@H]1O[C@@H](n1cnc3c(=O)[nH]c(NC(=O)C(C)C)nc31)[C@@H]2OP(=O)(OCCC#N)OC[C@H]1C[C@@H](Oc2ccncn2)C[C@@H]1O[P+](=O)O. The highest BCUT2D eigenvalue weighted by Gasteiger charge is 2.82. The first-order valence-electron chi connectivity index (χ1n) is 22.4. The molecule has 6 rings (SSSR count). The van der Waals surface area contributed by atoms with Crippen LogP contribution < -0.4 is 15.6 Å². The number of phosphoric acid groups is 1. The maximum atomic E-state index is 15.2. The average molecular weight is 1000 g/mol. The van der Waals surface area contributed by atoms with E-state index in [1.807, 2.05) is 33.8 Å². The Labute approximate surface area is 385 Å². The molecular formula is C39H61N8O15P2Si2+. The molecule has 3 aliphatic rings. The normalized spacial score (nSPS) is 26.3. The zero-order chi connectivity index (χ0) is 47.9. The molecule has 0 aromatic carbocycles. The van der Waals surface area contributed by atoms with Gasteiger partial charge in [-0.05, 0) is 30.6 Å². The molecule has 5 N–H and O–H groups in total. The second-order valence-corrected chi connectivity index (χ2v) is 26.1. The summed E-state index contributed by atoms with van der Waals surface area (Å²) in [5.74, 6) is -1.53. The zero-order valence-electron chi connectivity index (χ0n) is 37.9. The highest BCUT2D eigenvalue weighted by atomic mass is 31.2. The van der Waals surface area contributed by atoms with Crippen LogP contribution in [-0.4, -0.2) is 117 Å². The van der Waals surface area contributed by atoms with E-state index in [2.05, 4.69) is 30.2 Å². The van der Waals surface area contributed by atoms with E-state index in [0.717, 1.165) is 0 Å². The highest BCUT2D eigenvalue weighted by Crippen LogP contribution is 2.65. The Morgan fingerprint density at radius 2 is 1.85 bits per heavy atom. The van der Waals surface area contributed by atoms with Crippen molar-refractivity contribution >= 4 is 56.2 Å². The van der Waals surface area contributed by atoms with Gasteiger partial charge in [-0.2, -0.15) is 10.2 Å². The van der Waals surface area contributed by atoms with Crippen LogP contribution in [0.15, 0.2) is 29.7 Å². The van der Waals surface area contributed by atoms with E-state index in [1.54, 1.807) is 19.9 Å². The number of nitriles is 1. The molecule has 27 heteroatoms. The van der Waals surface area contributed by atoms with Crippen LogP contribution in [0.5, 0.6) is 5.88 Å². The largest absolute Gasteiger partial charge is 0.695 e. The van der Waals surface area contributed by atoms with Crippen LogP contribution in [0, 0.1) is 23.2 Å². The van der Waals surface area contributed by atoms with Gasteiger partial charge in [-0.3, -0.25) is 38.0 Å². The molecule has 1 aliphatic heterocycles. The van der Waals surface area contributed by atoms with Gasteiger partial charge in [0.25, 0.3) is 5.56 Å². The molecular weight excluding hydrogens is 939 g/mol. The molecule has 1 saturated heterocycles. The number of nitrogens with one attached hydrogen (secondary N) is 2. The minimum atomic E-state index is -4.90. The monoisotopic (exact) mass is 999 g/mol. The molecule has 364 valence electrons. The first-order chi connectivity index (χ1) is 31.5. The number of nitrogens with zero attached hydrogens (tertiary/aromatic N) is 6. The Morgan fingerprint density at radius 3 is 2.47 bits per heavy atom. The van der Waals surface area contributed by atoms with Gasteiger partial charge in [0.05, 0.1) is 32.0 Å². The minimum Gasteiger partial charge on any atom is -0.474 e. The Bertz CT molecular complexity index is 2280. The van der Waals surface area contributed by atoms with E-state index < -0.39 is 112 Å². The summed E-state index contributed by atoms with van der Waals surface area (Å²) in [6.45, 7) is 10.3. The first-order valence-corrected chi connectivity index (χ1v) is 29.5. The lowest BCUT2D eigenvalue weighted by Crippen LogP contribution is -2.58. The maximum Gasteiger partial charge on any atom is 0.695 e. The van der Waals surface area contributed by atoms with Gasteiger partial charge in [0, 0.05) is 35.1 Å². The van der Waals surface area contributed by atoms with Crippen molar-refractivity contribution in [1.82, 2.24) is 29.5 Å². The van der Waals surface area contributed by atoms with Gasteiger partial charge >= 0.3 is 33.2 Å². The van der Waals surface area contributed by atoms with Crippen molar-refractivity contribution in [3.8, 4) is 11.9 Å². The Kier molecular flexibility index (Phi) is 17.6. The number of aromatic amines is 1. The molecule has 10 atom stereocenters. The van der Waals surface area contributed by atoms with Crippen LogP contribution in [0.3, 0.4) is 0 Å². The van der Waals surface area contributed by atoms with Crippen LogP contribution in [-0.2, 0) is 45.3 Å². The third-order valence-electron chi connectivity index (χ3n) is 11.6. The van der Waals surface area contributed by atoms with Crippen LogP contribution in [0.2, 0.25) is 24.2 Å². The Hall–Kier alpha value is -3.45. The van der Waals surface area contributed by atoms with Crippen molar-refractivity contribution < 1.29 is 64.8 Å². The van der Waals surface area contributed by atoms with E-state index in [1.165, 1.54) is 23.4 Å². The summed E-state index contributed by atoms with van der Waals surface area (Å²) >= 11 is 0. The summed E-state index contributed by atoms with van der Waals surface area (Å²) in [4.78, 5) is 67.2. The second-order valence-electron chi connectivity index (χ2n) is 17.1. The number of ether oxygens (including phenoxy) is 2. The van der Waals surface area contributed by atoms with E-state index >= 15 is 4.57 Å². The second kappa shape index (κ2) is 22.3. The van der Waals surface area contributed by atoms with Gasteiger partial charge in [0.15, 0.2) is 17.4 Å². The molecule has 66 heavy (non-hydrogen) atoms. The fourth-order valence-corrected chi connectivity index (χ4v) is 20.0. The number of aliphatic hydroxyl groups is 1. The molecule has 2 saturated carbocycles. The number of phosphoric ester groups is 1. The third-order valence-corrected chi connectivity index (χ3v) is 22.4. The Balaban J connectivity index is 1.42. The summed E-state index contributed by atoms with van der Waals surface area (Å²) in [5, 5.41) is 24.0. The fourth-order valence-electron chi connectivity index (χ4n) is 8.73. The quantitative estimate of drug-likeness (QED) is 0.0363. The van der Waals surface area contributed by atoms with Crippen molar-refractivity contribution in [2.24, 2.45) is 11.8 Å². The lowest BCUT2D eigenvalue weighted by Gasteiger charge is -2.42. The number of carbonyl (C=O) groups is 1. The zero-order valence-corrected chi connectivity index (χ0v) is 41.7. The summed E-state index contributed by atoms with van der Waals surface area (Å²) < 4.78 is 79.0. The summed E-state index contributed by atoms with van der Waals surface area (Å²) in [6, 6.07) is 5.19. The summed E-state index contributed by atoms with van der Waals surface area (Å²) in [7, 11) is -15.0. The number of aromatic nitrogens is 6. The van der Waals surface area contributed by atoms with Crippen molar-refractivity contribution in [3.05, 3.63) is 35.3 Å². The van der Waals surface area contributed by atoms with E-state index in [9.17, 15) is 34.2 Å². The molecule has 1 amide bonds. The lowest BCUT2D eigenvalue weighted by molar-refractivity contribution is -0.118. The molecule has 3 aromatic rings. The van der Waals surface area contributed by atoms with Gasteiger partial charge in [0.1, 0.15) is 42.4 Å². The van der Waals surface area contributed by atoms with Gasteiger partial charge in [-0.25, -0.2) is 19.5 Å². The number of aliphatic hydroxyl groups excluding tert-OH is 1. The van der Waals surface area contributed by atoms with E-state index in [0.29, 0.717) is 49.9 Å². The number of fused-ring (bicyclic) bond motifs is 2. The molecule has 0 spiro atoms. The smallest absolute Gasteiger partial charge is 0.474 e. The Morgan fingerprint density at radius 1 is 1.14 bits per heavy atom. The van der Waals surface area contributed by atoms with Crippen LogP contribution in [0.1, 0.15) is 92.7 Å². The lowest BCUT2D eigenvalue weighted by atomic mass is 10.1. The van der Waals surface area contributed by atoms with Crippen molar-refractivity contribution in [2.75, 3.05) is 18.5 Å². The van der Waals surface area contributed by atoms with Crippen molar-refractivity contribution in [3.63, 3.8) is 0 Å². The molecule has 0 radical (unpaired) electrons. The molecule has 4 heterocycles. The van der Waals surface area contributed by atoms with Crippen LogP contribution in [0.4, 0.5) is 5.95 Å². The predicted molar refractivity (Wildman–Crippen MR) is 239 cm³/mol.